The predicted molar refractivity (Wildman–Crippen MR) is 96.2 cm³/mol. The maximum atomic E-state index is 12.5. The van der Waals surface area contributed by atoms with Crippen molar-refractivity contribution in [2.45, 2.75) is 35.6 Å². The van der Waals surface area contributed by atoms with Gasteiger partial charge in [0.2, 0.25) is 5.13 Å². The number of nitrogens with zero attached hydrogens (tertiary/aromatic N) is 4. The Morgan fingerprint density at radius 3 is 2.76 bits per heavy atom. The van der Waals surface area contributed by atoms with E-state index < -0.39 is 9.84 Å². The molecule has 25 heavy (non-hydrogen) atoms. The van der Waals surface area contributed by atoms with Gasteiger partial charge in [-0.1, -0.05) is 23.1 Å². The van der Waals surface area contributed by atoms with E-state index >= 15 is 0 Å². The van der Waals surface area contributed by atoms with Gasteiger partial charge in [-0.2, -0.15) is 5.10 Å². The lowest BCUT2D eigenvalue weighted by Gasteiger charge is -2.12. The number of nitrogens with one attached hydrogen (secondary N) is 1. The molecule has 1 aliphatic carbocycles. The highest BCUT2D eigenvalue weighted by molar-refractivity contribution is 8.00. The van der Waals surface area contributed by atoms with Crippen LogP contribution in [-0.4, -0.2) is 52.1 Å². The summed E-state index contributed by atoms with van der Waals surface area (Å²) in [5.41, 5.74) is 1.27. The lowest BCUT2D eigenvalue weighted by molar-refractivity contribution is 0.102. The molecule has 1 amide bonds. The summed E-state index contributed by atoms with van der Waals surface area (Å²) in [5, 5.41) is 15.5. The van der Waals surface area contributed by atoms with Crippen LogP contribution < -0.4 is 5.32 Å². The number of hydrogen-bond donors (Lipinski definition) is 1. The molecule has 0 radical (unpaired) electrons. The summed E-state index contributed by atoms with van der Waals surface area (Å²) in [4.78, 5) is 12.5. The second-order valence-electron chi connectivity index (χ2n) is 6.26. The third-order valence-electron chi connectivity index (χ3n) is 4.35. The van der Waals surface area contributed by atoms with E-state index in [9.17, 15) is 13.2 Å². The summed E-state index contributed by atoms with van der Waals surface area (Å²) in [6.07, 6.45) is 4.56. The molecule has 4 rings (SSSR count). The molecule has 2 aromatic rings. The van der Waals surface area contributed by atoms with Gasteiger partial charge in [-0.25, -0.2) is 8.42 Å². The molecule has 8 nitrogen and oxygen atoms in total. The molecule has 2 fully saturated rings. The van der Waals surface area contributed by atoms with Crippen molar-refractivity contribution >= 4 is 44.0 Å². The smallest absolute Gasteiger partial charge is 0.277 e. The summed E-state index contributed by atoms with van der Waals surface area (Å²) >= 11 is 2.77. The van der Waals surface area contributed by atoms with Crippen molar-refractivity contribution in [3.05, 3.63) is 17.5 Å². The molecule has 0 aromatic carbocycles. The van der Waals surface area contributed by atoms with Crippen molar-refractivity contribution in [3.63, 3.8) is 0 Å². The van der Waals surface area contributed by atoms with Crippen molar-refractivity contribution in [2.75, 3.05) is 23.1 Å². The summed E-state index contributed by atoms with van der Waals surface area (Å²) in [6, 6.07) is 1.61. The predicted octanol–water partition coefficient (Wildman–Crippen LogP) is 1.95. The minimum Gasteiger partial charge on any atom is -0.295 e. The van der Waals surface area contributed by atoms with Crippen LogP contribution in [0.15, 0.2) is 10.4 Å². The van der Waals surface area contributed by atoms with Crippen LogP contribution in [0.2, 0.25) is 0 Å². The van der Waals surface area contributed by atoms with Crippen molar-refractivity contribution in [1.82, 2.24) is 20.0 Å². The van der Waals surface area contributed by atoms with E-state index in [1.54, 1.807) is 10.7 Å². The van der Waals surface area contributed by atoms with Crippen LogP contribution in [-0.2, 0) is 9.84 Å². The van der Waals surface area contributed by atoms with Crippen molar-refractivity contribution in [2.24, 2.45) is 0 Å². The molecule has 1 saturated heterocycles. The van der Waals surface area contributed by atoms with Gasteiger partial charge >= 0.3 is 0 Å². The van der Waals surface area contributed by atoms with Gasteiger partial charge < -0.3 is 0 Å². The molecule has 3 heterocycles. The summed E-state index contributed by atoms with van der Waals surface area (Å²) in [7, 11) is -3.01. The number of aromatic nitrogens is 4. The number of carbonyl (C=O) groups is 1. The van der Waals surface area contributed by atoms with Gasteiger partial charge in [0.25, 0.3) is 5.91 Å². The Balaban J connectivity index is 1.57. The minimum atomic E-state index is -3.01. The van der Waals surface area contributed by atoms with Crippen LogP contribution in [0, 0.1) is 0 Å². The van der Waals surface area contributed by atoms with E-state index in [1.807, 2.05) is 6.26 Å². The van der Waals surface area contributed by atoms with Crippen LogP contribution >= 0.6 is 23.1 Å². The second kappa shape index (κ2) is 6.36. The number of sulfone groups is 1. The largest absolute Gasteiger partial charge is 0.295 e. The van der Waals surface area contributed by atoms with Gasteiger partial charge in [-0.15, -0.1) is 10.2 Å². The molecule has 134 valence electrons. The van der Waals surface area contributed by atoms with E-state index in [4.69, 9.17) is 0 Å². The molecule has 1 N–H and O–H groups in total. The first kappa shape index (κ1) is 17.0. The summed E-state index contributed by atoms with van der Waals surface area (Å²) in [6.45, 7) is 0. The highest BCUT2D eigenvalue weighted by Crippen LogP contribution is 2.42. The molecule has 0 spiro atoms. The normalized spacial score (nSPS) is 22.2. The second-order valence-corrected chi connectivity index (χ2v) is 10.5. The fourth-order valence-corrected chi connectivity index (χ4v) is 5.83. The number of anilines is 1. The Morgan fingerprint density at radius 1 is 1.36 bits per heavy atom. The van der Waals surface area contributed by atoms with E-state index in [1.165, 1.54) is 23.1 Å². The summed E-state index contributed by atoms with van der Waals surface area (Å²) < 4.78 is 26.1. The number of rotatable bonds is 5. The highest BCUT2D eigenvalue weighted by atomic mass is 32.2. The Morgan fingerprint density at radius 2 is 2.16 bits per heavy atom. The average molecular weight is 400 g/mol. The molecular formula is C14H17N5O3S3. The molecule has 2 aliphatic rings. The zero-order chi connectivity index (χ0) is 17.6. The third-order valence-corrected chi connectivity index (χ3v) is 7.91. The van der Waals surface area contributed by atoms with Gasteiger partial charge in [-0.05, 0) is 31.6 Å². The molecule has 0 bridgehead atoms. The first-order chi connectivity index (χ1) is 11.9. The van der Waals surface area contributed by atoms with Gasteiger partial charge in [0.15, 0.2) is 19.9 Å². The zero-order valence-electron chi connectivity index (χ0n) is 13.5. The third kappa shape index (κ3) is 3.58. The molecular weight excluding hydrogens is 382 g/mol. The topological polar surface area (TPSA) is 107 Å². The first-order valence-electron chi connectivity index (χ1n) is 7.94. The van der Waals surface area contributed by atoms with Crippen molar-refractivity contribution < 1.29 is 13.2 Å². The average Bonchev–Trinajstić information content (AvgIpc) is 3.00. The Bertz CT molecular complexity index is 916. The summed E-state index contributed by atoms with van der Waals surface area (Å²) in [5.74, 6) is 0.321. The molecule has 1 saturated carbocycles. The molecule has 1 unspecified atom stereocenters. The monoisotopic (exact) mass is 399 g/mol. The number of hydrogen-bond acceptors (Lipinski definition) is 8. The number of carbonyl (C=O) groups excluding carboxylic acids is 1. The molecule has 1 atom stereocenters. The fourth-order valence-electron chi connectivity index (χ4n) is 2.97. The lowest BCUT2D eigenvalue weighted by Crippen LogP contribution is -2.17. The number of amides is 1. The van der Waals surface area contributed by atoms with Crippen LogP contribution in [0.1, 0.15) is 47.4 Å². The Hall–Kier alpha value is -1.46. The fraction of sp³-hybridized carbons (Fsp3) is 0.571. The van der Waals surface area contributed by atoms with Crippen molar-refractivity contribution in [1.29, 1.82) is 0 Å². The lowest BCUT2D eigenvalue weighted by atomic mass is 10.2. The van der Waals surface area contributed by atoms with Gasteiger partial charge in [0.1, 0.15) is 0 Å². The van der Waals surface area contributed by atoms with E-state index in [2.05, 4.69) is 20.6 Å². The standard InChI is InChI=1S/C14H17N5O3S3/c1-23-14-17-16-13(24-14)15-12(20)10-6-11(8-2-3-8)19(18-10)9-4-5-25(21,22)7-9/h6,8-9H,2-5,7H2,1H3,(H,15,16,20). The van der Waals surface area contributed by atoms with Crippen molar-refractivity contribution in [3.8, 4) is 0 Å². The molecule has 11 heteroatoms. The maximum absolute atomic E-state index is 12.5. The Kier molecular flexibility index (Phi) is 4.32. The highest BCUT2D eigenvalue weighted by Gasteiger charge is 2.36. The maximum Gasteiger partial charge on any atom is 0.277 e. The van der Waals surface area contributed by atoms with Gasteiger partial charge in [-0.3, -0.25) is 14.8 Å². The molecule has 2 aromatic heterocycles. The quantitative estimate of drug-likeness (QED) is 0.605. The first-order valence-corrected chi connectivity index (χ1v) is 11.8. The zero-order valence-corrected chi connectivity index (χ0v) is 16.0. The SMILES string of the molecule is CSc1nnc(NC(=O)c2cc(C3CC3)n(C3CCS(=O)(=O)C3)n2)s1. The van der Waals surface area contributed by atoms with Crippen LogP contribution in [0.5, 0.6) is 0 Å². The van der Waals surface area contributed by atoms with Crippen LogP contribution in [0.3, 0.4) is 0 Å². The van der Waals surface area contributed by atoms with Gasteiger partial charge in [0, 0.05) is 11.6 Å². The number of thioether (sulfide) groups is 1. The van der Waals surface area contributed by atoms with Crippen LogP contribution in [0.4, 0.5) is 5.13 Å². The van der Waals surface area contributed by atoms with E-state index in [0.717, 1.165) is 22.9 Å². The molecule has 1 aliphatic heterocycles. The van der Waals surface area contributed by atoms with E-state index in [-0.39, 0.29) is 23.5 Å². The van der Waals surface area contributed by atoms with Gasteiger partial charge in [0.05, 0.1) is 17.5 Å². The minimum absolute atomic E-state index is 0.100. The van der Waals surface area contributed by atoms with Crippen LogP contribution in [0.25, 0.3) is 0 Å². The van der Waals surface area contributed by atoms with E-state index in [0.29, 0.717) is 23.2 Å². The Labute approximate surface area is 153 Å².